The zero-order chi connectivity index (χ0) is 9.56. The predicted octanol–water partition coefficient (Wildman–Crippen LogP) is 1.56. The Morgan fingerprint density at radius 1 is 1.50 bits per heavy atom. The predicted molar refractivity (Wildman–Crippen MR) is 50.5 cm³/mol. The third kappa shape index (κ3) is 5.79. The van der Waals surface area contributed by atoms with Crippen molar-refractivity contribution in [1.29, 1.82) is 0 Å². The molecule has 0 radical (unpaired) electrons. The minimum absolute atomic E-state index is 0.0501. The molecular formula is C10H17NO. The maximum atomic E-state index is 11.1. The Morgan fingerprint density at radius 3 is 2.50 bits per heavy atom. The zero-order valence-electron chi connectivity index (χ0n) is 8.05. The van der Waals surface area contributed by atoms with Gasteiger partial charge >= 0.3 is 0 Å². The van der Waals surface area contributed by atoms with Crippen molar-refractivity contribution in [3.63, 3.8) is 0 Å². The second-order valence-corrected chi connectivity index (χ2v) is 3.39. The molecule has 0 fully saturated rings. The molecule has 0 aliphatic rings. The maximum absolute atomic E-state index is 11.1. The van der Waals surface area contributed by atoms with E-state index < -0.39 is 0 Å². The van der Waals surface area contributed by atoms with E-state index in [-0.39, 0.29) is 11.9 Å². The zero-order valence-corrected chi connectivity index (χ0v) is 8.05. The molecule has 0 aliphatic carbocycles. The van der Waals surface area contributed by atoms with Gasteiger partial charge in [-0.1, -0.05) is 19.8 Å². The maximum Gasteiger partial charge on any atom is 0.220 e. The fraction of sp³-hybridized carbons (Fsp3) is 0.700. The van der Waals surface area contributed by atoms with Crippen LogP contribution in [0.25, 0.3) is 0 Å². The van der Waals surface area contributed by atoms with Gasteiger partial charge in [0.15, 0.2) is 0 Å². The van der Waals surface area contributed by atoms with E-state index in [1.54, 1.807) is 6.92 Å². The van der Waals surface area contributed by atoms with E-state index in [1.165, 1.54) is 0 Å². The molecule has 1 unspecified atom stereocenters. The van der Waals surface area contributed by atoms with Gasteiger partial charge in [0.1, 0.15) is 0 Å². The highest BCUT2D eigenvalue weighted by molar-refractivity contribution is 5.76. The summed E-state index contributed by atoms with van der Waals surface area (Å²) in [6.45, 7) is 5.99. The summed E-state index contributed by atoms with van der Waals surface area (Å²) in [6.07, 6.45) is 6.60. The van der Waals surface area contributed by atoms with Gasteiger partial charge in [0.05, 0.1) is 6.04 Å². The van der Waals surface area contributed by atoms with Gasteiger partial charge in [-0.05, 0) is 19.3 Å². The standard InChI is InChI=1S/C10H17NO/c1-5-9(4)11-10(12)7-6-8(2)3/h1,8-9H,6-7H2,2-4H3,(H,11,12). The van der Waals surface area contributed by atoms with Crippen molar-refractivity contribution in [3.05, 3.63) is 0 Å². The van der Waals surface area contributed by atoms with Gasteiger partial charge in [0.25, 0.3) is 0 Å². The molecular weight excluding hydrogens is 150 g/mol. The summed E-state index contributed by atoms with van der Waals surface area (Å²) in [7, 11) is 0. The molecule has 0 saturated heterocycles. The fourth-order valence-electron chi connectivity index (χ4n) is 0.775. The van der Waals surface area contributed by atoms with Gasteiger partial charge in [-0.25, -0.2) is 0 Å². The second-order valence-electron chi connectivity index (χ2n) is 3.39. The van der Waals surface area contributed by atoms with Gasteiger partial charge in [0, 0.05) is 6.42 Å². The van der Waals surface area contributed by atoms with Crippen molar-refractivity contribution in [3.8, 4) is 12.3 Å². The first-order valence-corrected chi connectivity index (χ1v) is 4.31. The van der Waals surface area contributed by atoms with Gasteiger partial charge in [-0.2, -0.15) is 0 Å². The van der Waals surface area contributed by atoms with E-state index in [2.05, 4.69) is 25.1 Å². The van der Waals surface area contributed by atoms with E-state index >= 15 is 0 Å². The van der Waals surface area contributed by atoms with Crippen molar-refractivity contribution in [1.82, 2.24) is 5.32 Å². The highest BCUT2D eigenvalue weighted by atomic mass is 16.1. The molecule has 0 bridgehead atoms. The minimum atomic E-state index is -0.148. The van der Waals surface area contributed by atoms with Crippen molar-refractivity contribution in [2.75, 3.05) is 0 Å². The Morgan fingerprint density at radius 2 is 2.08 bits per heavy atom. The van der Waals surface area contributed by atoms with Crippen LogP contribution in [0.3, 0.4) is 0 Å². The van der Waals surface area contributed by atoms with Crippen LogP contribution in [0.5, 0.6) is 0 Å². The largest absolute Gasteiger partial charge is 0.343 e. The summed E-state index contributed by atoms with van der Waals surface area (Å²) in [6, 6.07) is -0.148. The van der Waals surface area contributed by atoms with Crippen molar-refractivity contribution in [2.24, 2.45) is 5.92 Å². The lowest BCUT2D eigenvalue weighted by molar-refractivity contribution is -0.121. The molecule has 0 saturated carbocycles. The molecule has 0 aliphatic heterocycles. The summed E-state index contributed by atoms with van der Waals surface area (Å²) in [5.74, 6) is 3.07. The van der Waals surface area contributed by atoms with Crippen molar-refractivity contribution >= 4 is 5.91 Å². The molecule has 2 nitrogen and oxygen atoms in total. The lowest BCUT2D eigenvalue weighted by Gasteiger charge is -2.08. The number of nitrogens with one attached hydrogen (secondary N) is 1. The summed E-state index contributed by atoms with van der Waals surface area (Å²) in [4.78, 5) is 11.1. The minimum Gasteiger partial charge on any atom is -0.343 e. The summed E-state index contributed by atoms with van der Waals surface area (Å²) < 4.78 is 0. The van der Waals surface area contributed by atoms with Crippen LogP contribution in [-0.4, -0.2) is 11.9 Å². The van der Waals surface area contributed by atoms with E-state index in [0.717, 1.165) is 6.42 Å². The van der Waals surface area contributed by atoms with E-state index in [0.29, 0.717) is 12.3 Å². The van der Waals surface area contributed by atoms with E-state index in [9.17, 15) is 4.79 Å². The number of rotatable bonds is 4. The third-order valence-corrected chi connectivity index (χ3v) is 1.58. The highest BCUT2D eigenvalue weighted by Crippen LogP contribution is 2.02. The van der Waals surface area contributed by atoms with Crippen LogP contribution in [0.4, 0.5) is 0 Å². The SMILES string of the molecule is C#CC(C)NC(=O)CCC(C)C. The van der Waals surface area contributed by atoms with Gasteiger partial charge < -0.3 is 5.32 Å². The van der Waals surface area contributed by atoms with Crippen LogP contribution < -0.4 is 5.32 Å². The number of amides is 1. The molecule has 1 N–H and O–H groups in total. The summed E-state index contributed by atoms with van der Waals surface area (Å²) >= 11 is 0. The number of hydrogen-bond donors (Lipinski definition) is 1. The molecule has 0 rings (SSSR count). The number of terminal acetylenes is 1. The van der Waals surface area contributed by atoms with Gasteiger partial charge in [-0.3, -0.25) is 4.79 Å². The molecule has 1 atom stereocenters. The number of carbonyl (C=O) groups excluding carboxylic acids is 1. The normalized spacial score (nSPS) is 12.2. The Hall–Kier alpha value is -0.970. The third-order valence-electron chi connectivity index (χ3n) is 1.58. The molecule has 2 heteroatoms. The van der Waals surface area contributed by atoms with E-state index in [4.69, 9.17) is 6.42 Å². The van der Waals surface area contributed by atoms with Crippen LogP contribution >= 0.6 is 0 Å². The Balaban J connectivity index is 3.55. The van der Waals surface area contributed by atoms with Crippen LogP contribution in [-0.2, 0) is 4.79 Å². The Kier molecular flexibility index (Phi) is 5.19. The Bertz CT molecular complexity index is 179. The number of carbonyl (C=O) groups is 1. The average Bonchev–Trinajstić information content (AvgIpc) is 2.00. The average molecular weight is 167 g/mol. The van der Waals surface area contributed by atoms with E-state index in [1.807, 2.05) is 0 Å². The molecule has 0 aromatic carbocycles. The molecule has 0 aromatic rings. The van der Waals surface area contributed by atoms with Crippen LogP contribution in [0.15, 0.2) is 0 Å². The van der Waals surface area contributed by atoms with Crippen molar-refractivity contribution < 1.29 is 4.79 Å². The molecule has 0 heterocycles. The quantitative estimate of drug-likeness (QED) is 0.632. The summed E-state index contributed by atoms with van der Waals surface area (Å²) in [5, 5.41) is 2.71. The first-order chi connectivity index (χ1) is 5.56. The second kappa shape index (κ2) is 5.65. The lowest BCUT2D eigenvalue weighted by Crippen LogP contribution is -2.31. The fourth-order valence-corrected chi connectivity index (χ4v) is 0.775. The molecule has 0 spiro atoms. The van der Waals surface area contributed by atoms with Crippen LogP contribution in [0.1, 0.15) is 33.6 Å². The highest BCUT2D eigenvalue weighted by Gasteiger charge is 2.04. The molecule has 0 aromatic heterocycles. The lowest BCUT2D eigenvalue weighted by atomic mass is 10.1. The Labute approximate surface area is 74.7 Å². The van der Waals surface area contributed by atoms with Crippen LogP contribution in [0.2, 0.25) is 0 Å². The number of hydrogen-bond acceptors (Lipinski definition) is 1. The van der Waals surface area contributed by atoms with Gasteiger partial charge in [0.2, 0.25) is 5.91 Å². The van der Waals surface area contributed by atoms with Gasteiger partial charge in [-0.15, -0.1) is 6.42 Å². The van der Waals surface area contributed by atoms with Crippen molar-refractivity contribution in [2.45, 2.75) is 39.7 Å². The smallest absolute Gasteiger partial charge is 0.220 e. The van der Waals surface area contributed by atoms with Crippen LogP contribution in [0, 0.1) is 18.3 Å². The topological polar surface area (TPSA) is 29.1 Å². The monoisotopic (exact) mass is 167 g/mol. The first-order valence-electron chi connectivity index (χ1n) is 4.31. The summed E-state index contributed by atoms with van der Waals surface area (Å²) in [5.41, 5.74) is 0. The molecule has 12 heavy (non-hydrogen) atoms. The molecule has 68 valence electrons. The molecule has 1 amide bonds. The first kappa shape index (κ1) is 11.0.